The SMILES string of the molecule is CC(C)(C)c1cn[nH]c1.CC(C)(C)c1cn[nH]n1.CC(C)(C)c1cncs1.CC(C)(C)c1cnoc1.CC(C)(C)c1cnon1.CC(C)(C)c1cnsc1.CC(C)(C)c1cscn1.CC(C)(C)c1nn[nH]n1.CC(C)(C)c1nnon1.CC(C)(C)n1cnnc1.CC(C)(C)n1cnnn1. The van der Waals surface area contributed by atoms with Gasteiger partial charge in [-0.25, -0.2) is 23.3 Å². The van der Waals surface area contributed by atoms with E-state index in [4.69, 9.17) is 4.52 Å². The average molecular weight is 1430 g/mol. The normalized spacial score (nSPS) is 11.9. The zero-order valence-corrected chi connectivity index (χ0v) is 67.9. The van der Waals surface area contributed by atoms with Gasteiger partial charge in [0.15, 0.2) is 5.82 Å². The van der Waals surface area contributed by atoms with Gasteiger partial charge >= 0.3 is 0 Å². The molecule has 0 radical (unpaired) electrons. The monoisotopic (exact) mass is 1430 g/mol. The van der Waals surface area contributed by atoms with E-state index in [1.165, 1.54) is 33.2 Å². The van der Waals surface area contributed by atoms with E-state index in [2.05, 4.69) is 303 Å². The van der Waals surface area contributed by atoms with Gasteiger partial charge in [-0.3, -0.25) is 10.1 Å². The summed E-state index contributed by atoms with van der Waals surface area (Å²) < 4.78 is 21.2. The number of nitrogens with zero attached hydrogens (tertiary/aromatic N) is 22. The van der Waals surface area contributed by atoms with Crippen LogP contribution >= 0.6 is 34.2 Å². The molecule has 0 unspecified atom stereocenters. The van der Waals surface area contributed by atoms with E-state index in [9.17, 15) is 0 Å². The molecule has 11 aromatic rings. The van der Waals surface area contributed by atoms with E-state index in [1.54, 1.807) is 71.2 Å². The molecule has 11 heterocycles. The van der Waals surface area contributed by atoms with Crippen molar-refractivity contribution in [1.29, 1.82) is 0 Å². The molecule has 0 aliphatic heterocycles. The molecule has 0 amide bonds. The Kier molecular flexibility index (Phi) is 35.1. The highest BCUT2D eigenvalue weighted by molar-refractivity contribution is 7.09. The first kappa shape index (κ1) is 89.0. The highest BCUT2D eigenvalue weighted by Crippen LogP contribution is 2.27. The highest BCUT2D eigenvalue weighted by Gasteiger charge is 2.22. The molecule has 0 aliphatic rings. The number of H-pyrrole nitrogens is 3. The van der Waals surface area contributed by atoms with Crippen molar-refractivity contribution < 1.29 is 13.8 Å². The Bertz CT molecular complexity index is 2750. The van der Waals surface area contributed by atoms with E-state index < -0.39 is 0 Å². The predicted molar refractivity (Wildman–Crippen MR) is 395 cm³/mol. The topological polar surface area (TPSA) is 354 Å². The van der Waals surface area contributed by atoms with Crippen LogP contribution < -0.4 is 0 Å². The Morgan fingerprint density at radius 1 is 0.444 bits per heavy atom. The van der Waals surface area contributed by atoms with Gasteiger partial charge in [0, 0.05) is 72.4 Å². The summed E-state index contributed by atoms with van der Waals surface area (Å²) in [6.07, 6.45) is 19.5. The van der Waals surface area contributed by atoms with Gasteiger partial charge in [0.2, 0.25) is 5.82 Å². The highest BCUT2D eigenvalue weighted by atomic mass is 32.1. The Hall–Kier alpha value is -8.06. The number of aromatic nitrogens is 25. The van der Waals surface area contributed by atoms with Crippen LogP contribution in [0.4, 0.5) is 0 Å². The second-order valence-corrected chi connectivity index (χ2v) is 36.1. The van der Waals surface area contributed by atoms with Crippen LogP contribution in [0.2, 0.25) is 0 Å². The quantitative estimate of drug-likeness (QED) is 0.127. The number of hydrogen-bond donors (Lipinski definition) is 3. The molecule has 0 aliphatic carbocycles. The Morgan fingerprint density at radius 2 is 1.04 bits per heavy atom. The van der Waals surface area contributed by atoms with Crippen LogP contribution in [-0.2, 0) is 59.8 Å². The Balaban J connectivity index is 0.000000544. The fourth-order valence-electron chi connectivity index (χ4n) is 5.95. The van der Waals surface area contributed by atoms with E-state index in [1.807, 2.05) is 103 Å². The molecule has 0 atom stereocenters. The van der Waals surface area contributed by atoms with E-state index in [0.717, 1.165) is 22.8 Å². The van der Waals surface area contributed by atoms with Crippen LogP contribution in [-0.4, -0.2) is 127 Å². The zero-order valence-electron chi connectivity index (χ0n) is 65.4. The summed E-state index contributed by atoms with van der Waals surface area (Å²) in [7, 11) is 0. The van der Waals surface area contributed by atoms with Crippen molar-refractivity contribution in [3.63, 3.8) is 0 Å². The maximum Gasteiger partial charge on any atom is 0.201 e. The van der Waals surface area contributed by atoms with Gasteiger partial charge in [-0.1, -0.05) is 213 Å². The van der Waals surface area contributed by atoms with E-state index >= 15 is 0 Å². The molecule has 0 saturated carbocycles. The number of thiazole rings is 2. The first-order chi connectivity index (χ1) is 45.2. The molecule has 11 rings (SSSR count). The molecule has 0 spiro atoms. The minimum atomic E-state index is -0.0556. The number of tetrazole rings is 2. The molecule has 0 aromatic carbocycles. The summed E-state index contributed by atoms with van der Waals surface area (Å²) in [6, 6.07) is 0. The average Bonchev–Trinajstić information content (AvgIpc) is 2.06. The third-order valence-corrected chi connectivity index (χ3v) is 15.2. The lowest BCUT2D eigenvalue weighted by atomic mass is 9.90. The zero-order chi connectivity index (χ0) is 76.0. The fourth-order valence-corrected chi connectivity index (χ4v) is 8.21. The maximum atomic E-state index is 4.69. The predicted octanol–water partition coefficient (Wildman–Crippen LogP) is 16.2. The van der Waals surface area contributed by atoms with Gasteiger partial charge < -0.3 is 9.09 Å². The summed E-state index contributed by atoms with van der Waals surface area (Å²) in [4.78, 5) is 9.56. The Labute approximate surface area is 600 Å². The van der Waals surface area contributed by atoms with Crippen molar-refractivity contribution >= 4 is 34.2 Å². The second-order valence-electron chi connectivity index (χ2n) is 33.8. The van der Waals surface area contributed by atoms with Gasteiger partial charge in [0.05, 0.1) is 58.0 Å². The molecular formula is C68H117N25O3S3. The summed E-state index contributed by atoms with van der Waals surface area (Å²) in [5, 5.41) is 74.1. The van der Waals surface area contributed by atoms with Crippen molar-refractivity contribution in [3.8, 4) is 0 Å². The maximum absolute atomic E-state index is 4.69. The van der Waals surface area contributed by atoms with Crippen molar-refractivity contribution in [1.82, 2.24) is 127 Å². The van der Waals surface area contributed by atoms with Crippen molar-refractivity contribution in [2.24, 2.45) is 0 Å². The minimum Gasteiger partial charge on any atom is -0.364 e. The molecule has 28 nitrogen and oxygen atoms in total. The molecule has 3 N–H and O–H groups in total. The lowest BCUT2D eigenvalue weighted by Crippen LogP contribution is -2.22. The van der Waals surface area contributed by atoms with Crippen LogP contribution in [0.15, 0.2) is 104 Å². The first-order valence-electron chi connectivity index (χ1n) is 32.3. The molecule has 0 fully saturated rings. The van der Waals surface area contributed by atoms with Crippen molar-refractivity contribution in [2.45, 2.75) is 288 Å². The number of aromatic amines is 3. The number of nitrogens with one attached hydrogen (secondary N) is 3. The van der Waals surface area contributed by atoms with E-state index in [-0.39, 0.29) is 59.8 Å². The third-order valence-electron chi connectivity index (χ3n) is 12.9. The fraction of sp³-hybridized carbons (Fsp3) is 0.647. The van der Waals surface area contributed by atoms with Gasteiger partial charge in [-0.2, -0.15) is 25.7 Å². The number of rotatable bonds is 0. The smallest absolute Gasteiger partial charge is 0.201 e. The summed E-state index contributed by atoms with van der Waals surface area (Å²) in [5.74, 6) is 1.39. The van der Waals surface area contributed by atoms with Crippen molar-refractivity contribution in [3.05, 3.63) is 141 Å². The number of hydrogen-bond acceptors (Lipinski definition) is 26. The molecular weight excluding hydrogens is 1310 g/mol. The lowest BCUT2D eigenvalue weighted by molar-refractivity contribution is 0.287. The second kappa shape index (κ2) is 39.1. The van der Waals surface area contributed by atoms with Crippen LogP contribution in [0.3, 0.4) is 0 Å². The third kappa shape index (κ3) is 38.2. The first-order valence-corrected chi connectivity index (χ1v) is 35.0. The minimum absolute atomic E-state index is 0.00347. The van der Waals surface area contributed by atoms with Crippen LogP contribution in [0.25, 0.3) is 0 Å². The van der Waals surface area contributed by atoms with Crippen LogP contribution in [0, 0.1) is 0 Å². The molecule has 0 saturated heterocycles. The standard InChI is InChI=1S/C7H12N2.C7H11NO.3C7H11NS.2C6H11N3.C6H10N2O.2C5H10N4.C5H9N3O/c2*1-7(2,3)6-4-8-9-5-6;1-7(2,3)6-4-9-5-8-6;1-7(2,3)6-4-8-5-9-6;1-7(2,3)6-4-8-9-5-6;1-6(2,3)9-4-7-8-5-9;2*1-6(2,3)5-4-7-9-8-5;1-5(2,3)9-4-6-7-8-9;2*1-5(2,3)4-6-8-9-7-4/h4-5H,1-3H3,(H,8,9);5*4-5H,1-3H3;4H,1-3H3,(H,7,8,9);2*4H,1-3H3;1-3H3,(H,6,7,8,9);1-3H3. The molecule has 31 heteroatoms. The van der Waals surface area contributed by atoms with E-state index in [0.29, 0.717) is 5.82 Å². The molecule has 99 heavy (non-hydrogen) atoms. The Morgan fingerprint density at radius 3 is 1.26 bits per heavy atom. The summed E-state index contributed by atoms with van der Waals surface area (Å²) in [6.45, 7) is 69.6. The van der Waals surface area contributed by atoms with Gasteiger partial charge in [0.25, 0.3) is 0 Å². The van der Waals surface area contributed by atoms with Gasteiger partial charge in [-0.05, 0) is 101 Å². The summed E-state index contributed by atoms with van der Waals surface area (Å²) >= 11 is 4.89. The van der Waals surface area contributed by atoms with Gasteiger partial charge in [-0.15, -0.1) is 48.2 Å². The molecule has 0 bridgehead atoms. The molecule has 11 aromatic heterocycles. The van der Waals surface area contributed by atoms with Crippen LogP contribution in [0.1, 0.15) is 279 Å². The lowest BCUT2D eigenvalue weighted by Gasteiger charge is -2.18. The largest absolute Gasteiger partial charge is 0.364 e. The summed E-state index contributed by atoms with van der Waals surface area (Å²) in [5.41, 5.74) is 12.0. The molecule has 550 valence electrons. The van der Waals surface area contributed by atoms with Crippen molar-refractivity contribution in [2.75, 3.05) is 0 Å². The van der Waals surface area contributed by atoms with Crippen LogP contribution in [0.5, 0.6) is 0 Å². The van der Waals surface area contributed by atoms with Gasteiger partial charge in [0.1, 0.15) is 30.9 Å².